The van der Waals surface area contributed by atoms with E-state index in [-0.39, 0.29) is 5.88 Å². The fourth-order valence-electron chi connectivity index (χ4n) is 4.27. The third kappa shape index (κ3) is 9.32. The van der Waals surface area contributed by atoms with E-state index < -0.39 is 20.0 Å². The van der Waals surface area contributed by atoms with Crippen molar-refractivity contribution in [3.63, 3.8) is 0 Å². The van der Waals surface area contributed by atoms with Crippen LogP contribution in [0.4, 0.5) is 11.6 Å². The number of H-pyrrole nitrogens is 1. The van der Waals surface area contributed by atoms with Crippen molar-refractivity contribution in [1.29, 1.82) is 0 Å². The first-order valence-electron chi connectivity index (χ1n) is 13.7. The number of aromatic nitrogens is 6. The van der Waals surface area contributed by atoms with E-state index in [1.165, 1.54) is 24.6 Å². The first-order chi connectivity index (χ1) is 22.2. The number of sulfonamides is 2. The van der Waals surface area contributed by atoms with Crippen LogP contribution in [-0.2, 0) is 32.5 Å². The number of halogens is 3. The molecule has 6 aromatic heterocycles. The molecule has 0 aliphatic heterocycles. The molecule has 0 aromatic carbocycles. The van der Waals surface area contributed by atoms with Crippen LogP contribution in [0.5, 0.6) is 0 Å². The molecule has 0 aliphatic carbocycles. The third-order valence-electron chi connectivity index (χ3n) is 6.84. The number of hydrogen-bond acceptors (Lipinski definition) is 8. The molecule has 6 heterocycles. The molecule has 0 saturated heterocycles. The average molecular weight is 738 g/mol. The molecular weight excluding hydrogens is 707 g/mol. The van der Waals surface area contributed by atoms with E-state index in [9.17, 15) is 16.8 Å². The fourth-order valence-corrected chi connectivity index (χ4v) is 5.74. The van der Waals surface area contributed by atoms with Crippen molar-refractivity contribution in [2.75, 3.05) is 35.2 Å². The molecule has 0 aliphatic rings. The van der Waals surface area contributed by atoms with Crippen molar-refractivity contribution in [3.8, 4) is 0 Å². The molecule has 0 spiro atoms. The molecule has 0 fully saturated rings. The molecule has 0 amide bonds. The van der Waals surface area contributed by atoms with Gasteiger partial charge in [0.25, 0.3) is 0 Å². The summed E-state index contributed by atoms with van der Waals surface area (Å²) in [6, 6.07) is 14.6. The Balaban J connectivity index is 0.000000176. The number of nitrogens with one attached hydrogen (secondary N) is 1. The molecule has 12 nitrogen and oxygen atoms in total. The Morgan fingerprint density at radius 1 is 0.766 bits per heavy atom. The van der Waals surface area contributed by atoms with Gasteiger partial charge in [-0.2, -0.15) is 0 Å². The lowest BCUT2D eigenvalue weighted by atomic mass is 10.2. The minimum atomic E-state index is -3.38. The number of fused-ring (bicyclic) bond motifs is 2. The molecule has 0 unspecified atom stereocenters. The van der Waals surface area contributed by atoms with Crippen LogP contribution in [-0.4, -0.2) is 72.9 Å². The van der Waals surface area contributed by atoms with E-state index in [0.29, 0.717) is 34.1 Å². The van der Waals surface area contributed by atoms with Gasteiger partial charge in [0.05, 0.1) is 30.5 Å². The summed E-state index contributed by atoms with van der Waals surface area (Å²) in [5.74, 6) is 1.03. The minimum absolute atomic E-state index is 0.239. The number of rotatable bonds is 7. The number of hydrogen-bond donors (Lipinski definition) is 1. The van der Waals surface area contributed by atoms with E-state index in [1.54, 1.807) is 48.9 Å². The smallest absolute Gasteiger partial charge is 0.233 e. The first-order valence-corrected chi connectivity index (χ1v) is 18.7. The second-order valence-electron chi connectivity index (χ2n) is 10.1. The van der Waals surface area contributed by atoms with Crippen LogP contribution in [0.1, 0.15) is 11.1 Å². The summed E-state index contributed by atoms with van der Waals surface area (Å²) < 4.78 is 50.4. The summed E-state index contributed by atoms with van der Waals surface area (Å²) in [6.45, 7) is 0.479. The van der Waals surface area contributed by atoms with Crippen LogP contribution in [0.25, 0.3) is 21.8 Å². The lowest BCUT2D eigenvalue weighted by molar-refractivity contribution is 0.598. The summed E-state index contributed by atoms with van der Waals surface area (Å²) in [4.78, 5) is 19.2. The van der Waals surface area contributed by atoms with Gasteiger partial charge in [0.1, 0.15) is 21.9 Å². The van der Waals surface area contributed by atoms with Gasteiger partial charge >= 0.3 is 0 Å². The van der Waals surface area contributed by atoms with Crippen LogP contribution in [0.2, 0.25) is 10.3 Å². The molecule has 0 radical (unpaired) electrons. The molecule has 47 heavy (non-hydrogen) atoms. The summed E-state index contributed by atoms with van der Waals surface area (Å²) in [6.07, 6.45) is 12.6. The monoisotopic (exact) mass is 736 g/mol. The highest BCUT2D eigenvalue weighted by molar-refractivity contribution is 7.92. The first kappa shape index (κ1) is 35.9. The van der Waals surface area contributed by atoms with Crippen LogP contribution < -0.4 is 8.61 Å². The van der Waals surface area contributed by atoms with Crippen molar-refractivity contribution in [3.05, 3.63) is 107 Å². The molecule has 17 heteroatoms. The Morgan fingerprint density at radius 2 is 1.32 bits per heavy atom. The number of pyridine rings is 4. The van der Waals surface area contributed by atoms with Crippen LogP contribution in [0, 0.1) is 0 Å². The predicted molar refractivity (Wildman–Crippen MR) is 189 cm³/mol. The van der Waals surface area contributed by atoms with Crippen LogP contribution in [0.3, 0.4) is 0 Å². The van der Waals surface area contributed by atoms with E-state index in [0.717, 1.165) is 44.2 Å². The normalized spacial score (nSPS) is 11.4. The zero-order valence-electron chi connectivity index (χ0n) is 25.7. The summed E-state index contributed by atoms with van der Waals surface area (Å²) in [5.41, 5.74) is 3.45. The highest BCUT2D eigenvalue weighted by Crippen LogP contribution is 2.24. The molecule has 0 saturated carbocycles. The Kier molecular flexibility index (Phi) is 11.7. The van der Waals surface area contributed by atoms with Crippen molar-refractivity contribution in [2.45, 2.75) is 12.4 Å². The quantitative estimate of drug-likeness (QED) is 0.156. The average Bonchev–Trinajstić information content (AvgIpc) is 3.66. The standard InChI is InChI=1S/C15H15ClN4O2S.C8H11ClN2O2S.C7H5ClN2/c1-19(23(2,21)22)15-12(4-3-6-17-15)10-20-7-5-11-9-18-14(16)8-13(11)20;1-11(14(2,12)13)8-7(6-9)4-3-5-10-8;8-7-3-6-5(4-10-7)1-2-9-6/h3-9H,10H2,1-2H3;3-5H,6H2,1-2H3;1-4,9H. The van der Waals surface area contributed by atoms with Gasteiger partial charge in [-0.25, -0.2) is 36.8 Å². The molecule has 248 valence electrons. The van der Waals surface area contributed by atoms with Gasteiger partial charge in [0, 0.05) is 78.7 Å². The number of nitrogens with zero attached hydrogens (tertiary/aromatic N) is 7. The summed E-state index contributed by atoms with van der Waals surface area (Å²) in [7, 11) is -3.70. The number of anilines is 2. The molecule has 6 rings (SSSR count). The van der Waals surface area contributed by atoms with E-state index in [4.69, 9.17) is 34.8 Å². The Hall–Kier alpha value is -3.95. The Labute approximate surface area is 288 Å². The Bertz CT molecular complexity index is 2210. The molecule has 1 N–H and O–H groups in total. The van der Waals surface area contributed by atoms with Crippen molar-refractivity contribution in [2.24, 2.45) is 0 Å². The second kappa shape index (κ2) is 15.3. The SMILES string of the molecule is CN(c1ncccc1CCl)S(C)(=O)=O.CN(c1ncccc1Cn1ccc2cnc(Cl)cc21)S(C)(=O)=O.Clc1cc2[nH]ccc2cn1. The summed E-state index contributed by atoms with van der Waals surface area (Å²) in [5, 5.41) is 2.99. The van der Waals surface area contributed by atoms with Gasteiger partial charge in [-0.15, -0.1) is 11.6 Å². The predicted octanol–water partition coefficient (Wildman–Crippen LogP) is 5.96. The zero-order valence-corrected chi connectivity index (χ0v) is 29.6. The highest BCUT2D eigenvalue weighted by atomic mass is 35.5. The van der Waals surface area contributed by atoms with Crippen LogP contribution >= 0.6 is 34.8 Å². The number of aromatic amines is 1. The highest BCUT2D eigenvalue weighted by Gasteiger charge is 2.18. The van der Waals surface area contributed by atoms with Crippen molar-refractivity contribution in [1.82, 2.24) is 29.5 Å². The van der Waals surface area contributed by atoms with Crippen molar-refractivity contribution >= 4 is 88.3 Å². The maximum Gasteiger partial charge on any atom is 0.233 e. The van der Waals surface area contributed by atoms with Gasteiger partial charge < -0.3 is 9.55 Å². The van der Waals surface area contributed by atoms with Crippen molar-refractivity contribution < 1.29 is 16.8 Å². The van der Waals surface area contributed by atoms with Gasteiger partial charge in [0.15, 0.2) is 0 Å². The third-order valence-corrected chi connectivity index (χ3v) is 9.87. The van der Waals surface area contributed by atoms with E-state index in [1.807, 2.05) is 35.2 Å². The molecule has 0 atom stereocenters. The van der Waals surface area contributed by atoms with Gasteiger partial charge in [-0.05, 0) is 36.4 Å². The fraction of sp³-hybridized carbons (Fsp3) is 0.200. The topological polar surface area (TPSA) is 147 Å². The molecular formula is C30H31Cl3N8O4S2. The number of alkyl halides is 1. The van der Waals surface area contributed by atoms with Gasteiger partial charge in [0.2, 0.25) is 20.0 Å². The van der Waals surface area contributed by atoms with Gasteiger partial charge in [-0.1, -0.05) is 35.3 Å². The van der Waals surface area contributed by atoms with E-state index >= 15 is 0 Å². The Morgan fingerprint density at radius 3 is 1.91 bits per heavy atom. The van der Waals surface area contributed by atoms with E-state index in [2.05, 4.69) is 24.9 Å². The van der Waals surface area contributed by atoms with Crippen LogP contribution in [0.15, 0.2) is 85.7 Å². The summed E-state index contributed by atoms with van der Waals surface area (Å²) >= 11 is 17.3. The minimum Gasteiger partial charge on any atom is -0.361 e. The lowest BCUT2D eigenvalue weighted by Crippen LogP contribution is -2.27. The largest absolute Gasteiger partial charge is 0.361 e. The maximum absolute atomic E-state index is 11.8. The second-order valence-corrected chi connectivity index (χ2v) is 15.2. The zero-order chi connectivity index (χ0) is 34.4. The molecule has 6 aromatic rings. The maximum atomic E-state index is 11.8. The molecule has 0 bridgehead atoms. The lowest BCUT2D eigenvalue weighted by Gasteiger charge is -2.19. The van der Waals surface area contributed by atoms with Gasteiger partial charge in [-0.3, -0.25) is 8.61 Å².